The topological polar surface area (TPSA) is 89.5 Å². The third-order valence-electron chi connectivity index (χ3n) is 5.61. The summed E-state index contributed by atoms with van der Waals surface area (Å²) in [6.45, 7) is 1.80. The van der Waals surface area contributed by atoms with Crippen LogP contribution in [0.5, 0.6) is 5.75 Å². The van der Waals surface area contributed by atoms with Gasteiger partial charge in [0.2, 0.25) is 11.7 Å². The predicted octanol–water partition coefficient (Wildman–Crippen LogP) is 3.01. The average molecular weight is 432 g/mol. The van der Waals surface area contributed by atoms with Crippen LogP contribution in [0.25, 0.3) is 0 Å². The van der Waals surface area contributed by atoms with Gasteiger partial charge in [-0.2, -0.15) is 0 Å². The van der Waals surface area contributed by atoms with E-state index in [9.17, 15) is 19.2 Å². The molecule has 2 atom stereocenters. The Labute approximate surface area is 176 Å². The lowest BCUT2D eigenvalue weighted by atomic mass is 9.79. The van der Waals surface area contributed by atoms with E-state index < -0.39 is 28.9 Å². The number of fused-ring (bicyclic) bond motifs is 1. The molecule has 0 saturated carbocycles. The maximum atomic E-state index is 13.3. The third kappa shape index (κ3) is 2.78. The summed E-state index contributed by atoms with van der Waals surface area (Å²) in [6.07, 6.45) is 0.313. The Kier molecular flexibility index (Phi) is 4.52. The van der Waals surface area contributed by atoms with E-state index in [-0.39, 0.29) is 27.0 Å². The summed E-state index contributed by atoms with van der Waals surface area (Å²) < 4.78 is 5.17. The summed E-state index contributed by atoms with van der Waals surface area (Å²) in [5.74, 6) is -3.52. The van der Waals surface area contributed by atoms with E-state index in [1.807, 2.05) is 17.4 Å². The number of hydrogen-bond acceptors (Lipinski definition) is 5. The summed E-state index contributed by atoms with van der Waals surface area (Å²) in [5, 5.41) is 1.90. The molecule has 29 heavy (non-hydrogen) atoms. The second-order valence-corrected chi connectivity index (χ2v) is 8.07. The van der Waals surface area contributed by atoms with Crippen LogP contribution in [0, 0.1) is 0 Å². The molecule has 2 aliphatic rings. The van der Waals surface area contributed by atoms with Crippen LogP contribution in [0.2, 0.25) is 10.0 Å². The van der Waals surface area contributed by atoms with Crippen LogP contribution in [0.15, 0.2) is 30.3 Å². The molecule has 1 N–H and O–H groups in total. The lowest BCUT2D eigenvalue weighted by molar-refractivity contribution is -0.135. The van der Waals surface area contributed by atoms with E-state index >= 15 is 0 Å². The zero-order valence-electron chi connectivity index (χ0n) is 15.5. The Bertz CT molecular complexity index is 1110. The van der Waals surface area contributed by atoms with Gasteiger partial charge in [-0.25, -0.2) is 0 Å². The van der Waals surface area contributed by atoms with Crippen molar-refractivity contribution in [3.63, 3.8) is 0 Å². The Balaban J connectivity index is 1.82. The SMILES string of the molecule is COc1ccc(C2(C)Cc3cc(C4C(=O)NC(=O)C4=O)c(Cl)c(Cl)c3C2=O)cc1. The van der Waals surface area contributed by atoms with Crippen molar-refractivity contribution in [2.75, 3.05) is 7.11 Å². The van der Waals surface area contributed by atoms with Gasteiger partial charge in [0.15, 0.2) is 5.78 Å². The van der Waals surface area contributed by atoms with Crippen LogP contribution >= 0.6 is 23.2 Å². The lowest BCUT2D eigenvalue weighted by Crippen LogP contribution is -2.29. The van der Waals surface area contributed by atoms with Gasteiger partial charge in [0.1, 0.15) is 11.7 Å². The number of ketones is 2. The molecule has 2 unspecified atom stereocenters. The number of nitrogens with one attached hydrogen (secondary N) is 1. The van der Waals surface area contributed by atoms with Gasteiger partial charge >= 0.3 is 0 Å². The number of ether oxygens (including phenoxy) is 1. The van der Waals surface area contributed by atoms with Crippen molar-refractivity contribution >= 4 is 46.6 Å². The van der Waals surface area contributed by atoms with Crippen LogP contribution in [0.1, 0.15) is 39.9 Å². The highest BCUT2D eigenvalue weighted by atomic mass is 35.5. The number of carbonyl (C=O) groups excluding carboxylic acids is 4. The van der Waals surface area contributed by atoms with Crippen molar-refractivity contribution in [1.29, 1.82) is 0 Å². The second-order valence-electron chi connectivity index (χ2n) is 7.31. The van der Waals surface area contributed by atoms with Gasteiger partial charge in [-0.15, -0.1) is 0 Å². The minimum Gasteiger partial charge on any atom is -0.497 e. The predicted molar refractivity (Wildman–Crippen MR) is 106 cm³/mol. The third-order valence-corrected chi connectivity index (χ3v) is 6.49. The van der Waals surface area contributed by atoms with Crippen molar-refractivity contribution < 1.29 is 23.9 Å². The van der Waals surface area contributed by atoms with Crippen molar-refractivity contribution in [3.05, 3.63) is 62.6 Å². The standard InChI is InChI=1S/C21H15Cl2NO5/c1-21(10-3-5-11(29-2)6-4-10)8-9-7-12(14-17(25)20(28)24-19(14)27)15(22)16(23)13(9)18(21)26/h3-7,14H,8H2,1-2H3,(H,24,27,28). The second kappa shape index (κ2) is 6.68. The molecule has 2 aromatic rings. The van der Waals surface area contributed by atoms with Crippen LogP contribution in [0.4, 0.5) is 0 Å². The van der Waals surface area contributed by atoms with Gasteiger partial charge in [-0.1, -0.05) is 41.4 Å². The van der Waals surface area contributed by atoms with Crippen molar-refractivity contribution in [2.45, 2.75) is 24.7 Å². The number of benzene rings is 2. The summed E-state index contributed by atoms with van der Waals surface area (Å²) in [7, 11) is 1.56. The smallest absolute Gasteiger partial charge is 0.295 e. The molecular formula is C21H15Cl2NO5. The average Bonchev–Trinajstić information content (AvgIpc) is 3.11. The molecular weight excluding hydrogens is 417 g/mol. The number of carbonyl (C=O) groups is 4. The molecule has 0 aromatic heterocycles. The Morgan fingerprint density at radius 1 is 1.07 bits per heavy atom. The molecule has 0 spiro atoms. The van der Waals surface area contributed by atoms with Crippen LogP contribution in [0.3, 0.4) is 0 Å². The molecule has 0 radical (unpaired) electrons. The molecule has 148 valence electrons. The first-order chi connectivity index (χ1) is 13.7. The summed E-state index contributed by atoms with van der Waals surface area (Å²) in [5.41, 5.74) is 0.875. The first-order valence-electron chi connectivity index (χ1n) is 8.78. The van der Waals surface area contributed by atoms with Crippen LogP contribution < -0.4 is 10.1 Å². The van der Waals surface area contributed by atoms with Crippen LogP contribution in [-0.4, -0.2) is 30.5 Å². The van der Waals surface area contributed by atoms with Gasteiger partial charge in [-0.05, 0) is 42.2 Å². The quantitative estimate of drug-likeness (QED) is 0.458. The number of rotatable bonds is 3. The number of hydrogen-bond donors (Lipinski definition) is 1. The number of amides is 2. The minimum absolute atomic E-state index is 0.0126. The molecule has 6 nitrogen and oxygen atoms in total. The van der Waals surface area contributed by atoms with E-state index in [2.05, 4.69) is 0 Å². The molecule has 1 aliphatic carbocycles. The fourth-order valence-corrected chi connectivity index (χ4v) is 4.58. The zero-order chi connectivity index (χ0) is 21.1. The summed E-state index contributed by atoms with van der Waals surface area (Å²) in [6, 6.07) is 8.70. The van der Waals surface area contributed by atoms with E-state index in [1.54, 1.807) is 26.2 Å². The van der Waals surface area contributed by atoms with Gasteiger partial charge in [0.25, 0.3) is 5.91 Å². The Hall–Kier alpha value is -2.70. The Morgan fingerprint density at radius 3 is 2.28 bits per heavy atom. The van der Waals surface area contributed by atoms with Crippen molar-refractivity contribution in [2.24, 2.45) is 0 Å². The number of Topliss-reactive ketones (excluding diaryl/α,β-unsaturated/α-hetero) is 2. The molecule has 1 fully saturated rings. The normalized spacial score (nSPS) is 23.4. The molecule has 0 bridgehead atoms. The van der Waals surface area contributed by atoms with Crippen molar-refractivity contribution in [1.82, 2.24) is 5.32 Å². The van der Waals surface area contributed by atoms with Gasteiger partial charge in [-0.3, -0.25) is 24.5 Å². The molecule has 2 aromatic carbocycles. The van der Waals surface area contributed by atoms with E-state index in [0.717, 1.165) is 5.56 Å². The monoisotopic (exact) mass is 431 g/mol. The number of methoxy groups -OCH3 is 1. The molecule has 8 heteroatoms. The molecule has 1 heterocycles. The summed E-state index contributed by atoms with van der Waals surface area (Å²) >= 11 is 12.7. The highest BCUT2D eigenvalue weighted by Crippen LogP contribution is 2.47. The van der Waals surface area contributed by atoms with Gasteiger partial charge < -0.3 is 4.74 Å². The zero-order valence-corrected chi connectivity index (χ0v) is 17.0. The molecule has 4 rings (SSSR count). The lowest BCUT2D eigenvalue weighted by Gasteiger charge is -2.22. The maximum Gasteiger partial charge on any atom is 0.295 e. The van der Waals surface area contributed by atoms with E-state index in [1.165, 1.54) is 6.07 Å². The highest BCUT2D eigenvalue weighted by molar-refractivity contribution is 6.51. The Morgan fingerprint density at radius 2 is 1.72 bits per heavy atom. The molecule has 1 aliphatic heterocycles. The number of imide groups is 1. The first kappa shape index (κ1) is 19.6. The molecule has 2 amide bonds. The van der Waals surface area contributed by atoms with Gasteiger partial charge in [0, 0.05) is 5.56 Å². The summed E-state index contributed by atoms with van der Waals surface area (Å²) in [4.78, 5) is 49.1. The highest BCUT2D eigenvalue weighted by Gasteiger charge is 2.48. The fraction of sp³-hybridized carbons (Fsp3) is 0.238. The number of halogens is 2. The van der Waals surface area contributed by atoms with E-state index in [4.69, 9.17) is 27.9 Å². The molecule has 1 saturated heterocycles. The van der Waals surface area contributed by atoms with E-state index in [0.29, 0.717) is 17.7 Å². The first-order valence-corrected chi connectivity index (χ1v) is 9.53. The minimum atomic E-state index is -1.36. The maximum absolute atomic E-state index is 13.3. The van der Waals surface area contributed by atoms with Gasteiger partial charge in [0.05, 0.1) is 22.6 Å². The van der Waals surface area contributed by atoms with Crippen molar-refractivity contribution in [3.8, 4) is 5.75 Å². The van der Waals surface area contributed by atoms with Crippen LogP contribution in [-0.2, 0) is 26.2 Å². The fourth-order valence-electron chi connectivity index (χ4n) is 4.00. The largest absolute Gasteiger partial charge is 0.497 e.